The molecule has 0 fully saturated rings. The molecule has 1 aromatic heterocycles. The summed E-state index contributed by atoms with van der Waals surface area (Å²) in [6.07, 6.45) is 3.32. The van der Waals surface area contributed by atoms with Gasteiger partial charge in [-0.2, -0.15) is 5.10 Å². The van der Waals surface area contributed by atoms with Crippen LogP contribution >= 0.6 is 0 Å². The van der Waals surface area contributed by atoms with E-state index in [4.69, 9.17) is 0 Å². The number of nitrogens with zero attached hydrogens (tertiary/aromatic N) is 2. The standard InChI is InChI=1S/C12H22N2O/c1-5-9-14-10(7-8-13-14)11(15)12(3,4)6-2/h7-8,11,15H,5-6,9H2,1-4H3. The Balaban J connectivity index is 2.90. The van der Waals surface area contributed by atoms with Crippen LogP contribution in [0, 0.1) is 5.41 Å². The van der Waals surface area contributed by atoms with Crippen molar-refractivity contribution in [3.05, 3.63) is 18.0 Å². The molecule has 86 valence electrons. The molecule has 0 saturated heterocycles. The van der Waals surface area contributed by atoms with Crippen LogP contribution in [0.4, 0.5) is 0 Å². The van der Waals surface area contributed by atoms with Crippen LogP contribution < -0.4 is 0 Å². The van der Waals surface area contributed by atoms with Crippen molar-refractivity contribution >= 4 is 0 Å². The molecule has 0 aliphatic rings. The van der Waals surface area contributed by atoms with Crippen LogP contribution in [0.25, 0.3) is 0 Å². The summed E-state index contributed by atoms with van der Waals surface area (Å²) in [7, 11) is 0. The second-order valence-corrected chi connectivity index (χ2v) is 4.72. The molecule has 3 heteroatoms. The van der Waals surface area contributed by atoms with Crippen molar-refractivity contribution in [3.63, 3.8) is 0 Å². The van der Waals surface area contributed by atoms with Gasteiger partial charge < -0.3 is 5.11 Å². The third-order valence-corrected chi connectivity index (χ3v) is 3.12. The number of aryl methyl sites for hydroxylation is 1. The predicted octanol–water partition coefficient (Wildman–Crippen LogP) is 2.76. The molecule has 0 bridgehead atoms. The van der Waals surface area contributed by atoms with E-state index in [1.54, 1.807) is 6.20 Å². The number of rotatable bonds is 5. The first-order chi connectivity index (χ1) is 7.03. The molecule has 0 spiro atoms. The third kappa shape index (κ3) is 2.59. The Bertz CT molecular complexity index is 304. The number of aliphatic hydroxyl groups excluding tert-OH is 1. The fraction of sp³-hybridized carbons (Fsp3) is 0.750. The molecule has 1 aromatic rings. The molecule has 0 aliphatic carbocycles. The number of aliphatic hydroxyl groups is 1. The Labute approximate surface area is 92.1 Å². The van der Waals surface area contributed by atoms with Crippen molar-refractivity contribution in [2.75, 3.05) is 0 Å². The summed E-state index contributed by atoms with van der Waals surface area (Å²) < 4.78 is 1.90. The molecule has 0 saturated carbocycles. The Morgan fingerprint density at radius 2 is 2.13 bits per heavy atom. The normalized spacial score (nSPS) is 14.2. The molecule has 15 heavy (non-hydrogen) atoms. The zero-order valence-electron chi connectivity index (χ0n) is 10.2. The van der Waals surface area contributed by atoms with E-state index in [1.165, 1.54) is 0 Å². The van der Waals surface area contributed by atoms with Gasteiger partial charge in [0.2, 0.25) is 0 Å². The lowest BCUT2D eigenvalue weighted by molar-refractivity contribution is 0.0390. The highest BCUT2D eigenvalue weighted by Gasteiger charge is 2.29. The van der Waals surface area contributed by atoms with Gasteiger partial charge >= 0.3 is 0 Å². The van der Waals surface area contributed by atoms with E-state index in [0.29, 0.717) is 0 Å². The molecule has 1 heterocycles. The van der Waals surface area contributed by atoms with Gasteiger partial charge in [0, 0.05) is 12.7 Å². The minimum absolute atomic E-state index is 0.0917. The van der Waals surface area contributed by atoms with Crippen molar-refractivity contribution in [2.24, 2.45) is 5.41 Å². The van der Waals surface area contributed by atoms with E-state index < -0.39 is 6.10 Å². The van der Waals surface area contributed by atoms with Gasteiger partial charge in [-0.15, -0.1) is 0 Å². The molecule has 0 aromatic carbocycles. The maximum Gasteiger partial charge on any atom is 0.101 e. The van der Waals surface area contributed by atoms with E-state index in [-0.39, 0.29) is 5.41 Å². The first kappa shape index (κ1) is 12.2. The highest BCUT2D eigenvalue weighted by atomic mass is 16.3. The molecule has 0 aliphatic heterocycles. The van der Waals surface area contributed by atoms with Crippen LogP contribution in [0.1, 0.15) is 52.3 Å². The molecule has 1 rings (SSSR count). The average molecular weight is 210 g/mol. The first-order valence-corrected chi connectivity index (χ1v) is 5.72. The lowest BCUT2D eigenvalue weighted by Crippen LogP contribution is -2.23. The fourth-order valence-electron chi connectivity index (χ4n) is 1.57. The van der Waals surface area contributed by atoms with Crippen LogP contribution in [0.3, 0.4) is 0 Å². The third-order valence-electron chi connectivity index (χ3n) is 3.12. The number of hydrogen-bond acceptors (Lipinski definition) is 2. The van der Waals surface area contributed by atoms with E-state index in [2.05, 4.69) is 32.8 Å². The van der Waals surface area contributed by atoms with Gasteiger partial charge in [-0.25, -0.2) is 0 Å². The van der Waals surface area contributed by atoms with Gasteiger partial charge in [0.1, 0.15) is 6.10 Å². The average Bonchev–Trinajstić information content (AvgIpc) is 2.65. The van der Waals surface area contributed by atoms with E-state index in [9.17, 15) is 5.11 Å². The minimum Gasteiger partial charge on any atom is -0.386 e. The van der Waals surface area contributed by atoms with Crippen molar-refractivity contribution < 1.29 is 5.11 Å². The van der Waals surface area contributed by atoms with Gasteiger partial charge in [-0.05, 0) is 24.3 Å². The van der Waals surface area contributed by atoms with E-state index in [0.717, 1.165) is 25.1 Å². The number of hydrogen-bond donors (Lipinski definition) is 1. The van der Waals surface area contributed by atoms with Crippen molar-refractivity contribution in [3.8, 4) is 0 Å². The van der Waals surface area contributed by atoms with Gasteiger partial charge in [0.05, 0.1) is 5.69 Å². The second kappa shape index (κ2) is 4.79. The first-order valence-electron chi connectivity index (χ1n) is 5.72. The smallest absolute Gasteiger partial charge is 0.101 e. The van der Waals surface area contributed by atoms with Crippen LogP contribution in [0.2, 0.25) is 0 Å². The minimum atomic E-state index is -0.434. The van der Waals surface area contributed by atoms with Crippen LogP contribution in [-0.2, 0) is 6.54 Å². The Hall–Kier alpha value is -0.830. The van der Waals surface area contributed by atoms with Gasteiger partial charge in [0.25, 0.3) is 0 Å². The molecule has 1 unspecified atom stereocenters. The van der Waals surface area contributed by atoms with Crippen molar-refractivity contribution in [1.29, 1.82) is 0 Å². The number of aromatic nitrogens is 2. The molecule has 1 atom stereocenters. The maximum atomic E-state index is 10.3. The summed E-state index contributed by atoms with van der Waals surface area (Å²) in [4.78, 5) is 0. The molecule has 0 radical (unpaired) electrons. The molecular weight excluding hydrogens is 188 g/mol. The topological polar surface area (TPSA) is 38.0 Å². The highest BCUT2D eigenvalue weighted by molar-refractivity contribution is 5.07. The lowest BCUT2D eigenvalue weighted by Gasteiger charge is -2.29. The Kier molecular flexibility index (Phi) is 3.91. The van der Waals surface area contributed by atoms with E-state index in [1.807, 2.05) is 10.7 Å². The second-order valence-electron chi connectivity index (χ2n) is 4.72. The highest BCUT2D eigenvalue weighted by Crippen LogP contribution is 2.35. The van der Waals surface area contributed by atoms with Crippen LogP contribution in [0.15, 0.2) is 12.3 Å². The zero-order valence-corrected chi connectivity index (χ0v) is 10.2. The summed E-state index contributed by atoms with van der Waals surface area (Å²) in [5, 5.41) is 14.5. The molecule has 0 amide bonds. The largest absolute Gasteiger partial charge is 0.386 e. The molecule has 3 nitrogen and oxygen atoms in total. The Morgan fingerprint density at radius 3 is 2.67 bits per heavy atom. The van der Waals surface area contributed by atoms with Crippen molar-refractivity contribution in [1.82, 2.24) is 9.78 Å². The zero-order chi connectivity index (χ0) is 11.5. The SMILES string of the molecule is CCCn1nccc1C(O)C(C)(C)CC. The molecule has 1 N–H and O–H groups in total. The fourth-order valence-corrected chi connectivity index (χ4v) is 1.57. The lowest BCUT2D eigenvalue weighted by atomic mass is 9.82. The quantitative estimate of drug-likeness (QED) is 0.811. The monoisotopic (exact) mass is 210 g/mol. The van der Waals surface area contributed by atoms with E-state index >= 15 is 0 Å². The summed E-state index contributed by atoms with van der Waals surface area (Å²) in [6.45, 7) is 9.26. The summed E-state index contributed by atoms with van der Waals surface area (Å²) in [5.41, 5.74) is 0.842. The van der Waals surface area contributed by atoms with Crippen LogP contribution in [0.5, 0.6) is 0 Å². The van der Waals surface area contributed by atoms with Gasteiger partial charge in [-0.1, -0.05) is 27.7 Å². The summed E-state index contributed by atoms with van der Waals surface area (Å²) >= 11 is 0. The summed E-state index contributed by atoms with van der Waals surface area (Å²) in [6, 6.07) is 1.91. The predicted molar refractivity (Wildman–Crippen MR) is 61.5 cm³/mol. The Morgan fingerprint density at radius 1 is 1.47 bits per heavy atom. The maximum absolute atomic E-state index is 10.3. The van der Waals surface area contributed by atoms with Gasteiger partial charge in [-0.3, -0.25) is 4.68 Å². The molecular formula is C12H22N2O. The van der Waals surface area contributed by atoms with Crippen molar-refractivity contribution in [2.45, 2.75) is 53.2 Å². The summed E-state index contributed by atoms with van der Waals surface area (Å²) in [5.74, 6) is 0. The van der Waals surface area contributed by atoms with Gasteiger partial charge in [0.15, 0.2) is 0 Å². The van der Waals surface area contributed by atoms with Crippen LogP contribution in [-0.4, -0.2) is 14.9 Å².